The molecule has 2 heterocycles. The minimum absolute atomic E-state index is 0.244. The second-order valence-electron chi connectivity index (χ2n) is 5.43. The van der Waals surface area contributed by atoms with E-state index < -0.39 is 17.3 Å². The molecule has 4 aromatic rings. The lowest BCUT2D eigenvalue weighted by Crippen LogP contribution is -2.02. The maximum absolute atomic E-state index is 13.5. The normalized spacial score (nSPS) is 11.1. The van der Waals surface area contributed by atoms with Gasteiger partial charge in [0.05, 0.1) is 16.9 Å². The van der Waals surface area contributed by atoms with Crippen LogP contribution in [0.3, 0.4) is 0 Å². The molecule has 0 aliphatic rings. The van der Waals surface area contributed by atoms with Crippen LogP contribution in [0, 0.1) is 16.4 Å². The minimum atomic E-state index is -0.979. The fourth-order valence-corrected chi connectivity index (χ4v) is 2.88. The van der Waals surface area contributed by atoms with Crippen LogP contribution in [0.25, 0.3) is 27.9 Å². The van der Waals surface area contributed by atoms with E-state index in [1.54, 1.807) is 24.4 Å². The number of hydrogen-bond donors (Lipinski definition) is 1. The number of H-pyrrole nitrogens is 1. The van der Waals surface area contributed by atoms with E-state index in [9.17, 15) is 13.6 Å². The molecule has 25 heavy (non-hydrogen) atoms. The third kappa shape index (κ3) is 2.68. The summed E-state index contributed by atoms with van der Waals surface area (Å²) in [6.07, 6.45) is 1.55. The Morgan fingerprint density at radius 2 is 1.84 bits per heavy atom. The van der Waals surface area contributed by atoms with E-state index in [1.165, 1.54) is 10.6 Å². The number of aromatic amines is 1. The van der Waals surface area contributed by atoms with Crippen LogP contribution < -0.4 is 5.63 Å². The van der Waals surface area contributed by atoms with E-state index in [0.29, 0.717) is 22.5 Å². The molecule has 124 valence electrons. The summed E-state index contributed by atoms with van der Waals surface area (Å²) in [4.78, 5) is 15.2. The van der Waals surface area contributed by atoms with Crippen LogP contribution in [-0.4, -0.2) is 9.55 Å². The van der Waals surface area contributed by atoms with Gasteiger partial charge in [-0.25, -0.2) is 13.6 Å². The third-order valence-electron chi connectivity index (χ3n) is 3.83. The Balaban J connectivity index is 1.88. The van der Waals surface area contributed by atoms with Crippen LogP contribution in [0.4, 0.5) is 8.78 Å². The van der Waals surface area contributed by atoms with Crippen molar-refractivity contribution < 1.29 is 13.2 Å². The zero-order chi connectivity index (χ0) is 17.6. The maximum Gasteiger partial charge on any atom is 0.345 e. The molecule has 2 aromatic heterocycles. The molecule has 0 spiro atoms. The summed E-state index contributed by atoms with van der Waals surface area (Å²) >= 11 is 5.23. The molecule has 0 bridgehead atoms. The number of nitrogens with zero attached hydrogens (tertiary/aromatic N) is 1. The molecule has 7 heteroatoms. The van der Waals surface area contributed by atoms with Gasteiger partial charge in [-0.1, -0.05) is 18.2 Å². The summed E-state index contributed by atoms with van der Waals surface area (Å²) < 4.78 is 33.6. The highest BCUT2D eigenvalue weighted by Gasteiger charge is 2.12. The molecule has 0 saturated carbocycles. The van der Waals surface area contributed by atoms with Crippen LogP contribution in [0.5, 0.6) is 0 Å². The van der Waals surface area contributed by atoms with E-state index in [2.05, 4.69) is 4.98 Å². The largest absolute Gasteiger partial charge is 0.422 e. The average Bonchev–Trinajstić information content (AvgIpc) is 2.98. The summed E-state index contributed by atoms with van der Waals surface area (Å²) in [6.45, 7) is 0. The lowest BCUT2D eigenvalue weighted by Gasteiger charge is -2.02. The van der Waals surface area contributed by atoms with Gasteiger partial charge in [-0.3, -0.25) is 4.57 Å². The van der Waals surface area contributed by atoms with Gasteiger partial charge in [-0.05, 0) is 36.5 Å². The highest BCUT2D eigenvalue weighted by Crippen LogP contribution is 2.22. The van der Waals surface area contributed by atoms with E-state index in [0.717, 1.165) is 17.5 Å². The first-order valence-corrected chi connectivity index (χ1v) is 7.74. The fraction of sp³-hybridized carbons (Fsp3) is 0. The molecule has 0 aliphatic carbocycles. The number of imidazole rings is 1. The number of rotatable bonds is 2. The number of para-hydroxylation sites is 1. The van der Waals surface area contributed by atoms with Gasteiger partial charge in [0, 0.05) is 17.6 Å². The minimum Gasteiger partial charge on any atom is -0.422 e. The average molecular weight is 356 g/mol. The van der Waals surface area contributed by atoms with Crippen molar-refractivity contribution in [3.63, 3.8) is 0 Å². The van der Waals surface area contributed by atoms with Gasteiger partial charge in [-0.2, -0.15) is 0 Å². The molecule has 4 rings (SSSR count). The Hall–Kier alpha value is -3.06. The Kier molecular flexibility index (Phi) is 3.58. The van der Waals surface area contributed by atoms with Crippen molar-refractivity contribution in [3.05, 3.63) is 81.6 Å². The van der Waals surface area contributed by atoms with Crippen LogP contribution in [-0.2, 0) is 0 Å². The quantitative estimate of drug-likeness (QED) is 0.422. The molecule has 0 radical (unpaired) electrons. The SMILES string of the molecule is O=c1oc2ccccc2cc1-c1cn(-c2ccc(F)c(F)c2)c(=S)[nH]1. The monoisotopic (exact) mass is 356 g/mol. The van der Waals surface area contributed by atoms with Crippen LogP contribution in [0.2, 0.25) is 0 Å². The molecular formula is C18H10F2N2O2S. The first-order valence-electron chi connectivity index (χ1n) is 7.33. The molecule has 1 N–H and O–H groups in total. The van der Waals surface area contributed by atoms with E-state index in [4.69, 9.17) is 16.6 Å². The van der Waals surface area contributed by atoms with Gasteiger partial charge in [-0.15, -0.1) is 0 Å². The van der Waals surface area contributed by atoms with Crippen molar-refractivity contribution in [2.24, 2.45) is 0 Å². The molecule has 2 aromatic carbocycles. The first kappa shape index (κ1) is 15.5. The number of fused-ring (bicyclic) bond motifs is 1. The number of nitrogens with one attached hydrogen (secondary N) is 1. The van der Waals surface area contributed by atoms with Gasteiger partial charge < -0.3 is 9.40 Å². The van der Waals surface area contributed by atoms with Crippen molar-refractivity contribution in [3.8, 4) is 16.9 Å². The van der Waals surface area contributed by atoms with Crippen molar-refractivity contribution in [2.75, 3.05) is 0 Å². The number of aromatic nitrogens is 2. The Bertz CT molecular complexity index is 1220. The number of benzene rings is 2. The maximum atomic E-state index is 13.5. The van der Waals surface area contributed by atoms with Gasteiger partial charge in [0.2, 0.25) is 0 Å². The lowest BCUT2D eigenvalue weighted by molar-refractivity contribution is 0.508. The number of hydrogen-bond acceptors (Lipinski definition) is 3. The van der Waals surface area contributed by atoms with Crippen molar-refractivity contribution >= 4 is 23.2 Å². The molecule has 4 nitrogen and oxygen atoms in total. The number of halogens is 2. The molecule has 0 fully saturated rings. The summed E-state index contributed by atoms with van der Waals surface area (Å²) in [6, 6.07) is 12.3. The summed E-state index contributed by atoms with van der Waals surface area (Å²) in [5, 5.41) is 0.761. The lowest BCUT2D eigenvalue weighted by atomic mass is 10.1. The highest BCUT2D eigenvalue weighted by molar-refractivity contribution is 7.71. The highest BCUT2D eigenvalue weighted by atomic mass is 32.1. The smallest absolute Gasteiger partial charge is 0.345 e. The topological polar surface area (TPSA) is 50.9 Å². The predicted octanol–water partition coefficient (Wildman–Crippen LogP) is 4.59. The molecule has 0 unspecified atom stereocenters. The third-order valence-corrected chi connectivity index (χ3v) is 4.13. The van der Waals surface area contributed by atoms with Crippen molar-refractivity contribution in [1.29, 1.82) is 0 Å². The molecule has 0 amide bonds. The van der Waals surface area contributed by atoms with E-state index in [1.807, 2.05) is 12.1 Å². The zero-order valence-electron chi connectivity index (χ0n) is 12.6. The summed E-state index contributed by atoms with van der Waals surface area (Å²) in [5.41, 5.74) is 1.03. The molecule has 0 atom stereocenters. The van der Waals surface area contributed by atoms with Gasteiger partial charge in [0.1, 0.15) is 5.58 Å². The van der Waals surface area contributed by atoms with Gasteiger partial charge in [0.15, 0.2) is 16.4 Å². The van der Waals surface area contributed by atoms with E-state index in [-0.39, 0.29) is 4.77 Å². The van der Waals surface area contributed by atoms with Gasteiger partial charge in [0.25, 0.3) is 0 Å². The van der Waals surface area contributed by atoms with E-state index >= 15 is 0 Å². The Labute approximate surface area is 145 Å². The standard InChI is InChI=1S/C18H10F2N2O2S/c19-13-6-5-11(8-14(13)20)22-9-15(21-18(22)25)12-7-10-3-1-2-4-16(10)24-17(12)23/h1-9H,(H,21,25). The molecular weight excluding hydrogens is 346 g/mol. The summed E-state index contributed by atoms with van der Waals surface area (Å²) in [5.74, 6) is -1.92. The molecule has 0 saturated heterocycles. The molecule has 0 aliphatic heterocycles. The second-order valence-corrected chi connectivity index (χ2v) is 5.81. The predicted molar refractivity (Wildman–Crippen MR) is 92.3 cm³/mol. The summed E-state index contributed by atoms with van der Waals surface area (Å²) in [7, 11) is 0. The van der Waals surface area contributed by atoms with Crippen LogP contribution in [0.1, 0.15) is 0 Å². The Morgan fingerprint density at radius 1 is 1.04 bits per heavy atom. The Morgan fingerprint density at radius 3 is 2.64 bits per heavy atom. The van der Waals surface area contributed by atoms with Gasteiger partial charge >= 0.3 is 5.63 Å². The second kappa shape index (κ2) is 5.78. The van der Waals surface area contributed by atoms with Crippen molar-refractivity contribution in [2.45, 2.75) is 0 Å². The first-order chi connectivity index (χ1) is 12.0. The van der Waals surface area contributed by atoms with Crippen molar-refractivity contribution in [1.82, 2.24) is 9.55 Å². The zero-order valence-corrected chi connectivity index (χ0v) is 13.4. The fourth-order valence-electron chi connectivity index (χ4n) is 2.61. The van der Waals surface area contributed by atoms with Crippen LogP contribution in [0.15, 0.2) is 63.9 Å². The van der Waals surface area contributed by atoms with Crippen LogP contribution >= 0.6 is 12.2 Å².